The van der Waals surface area contributed by atoms with Gasteiger partial charge in [-0.05, 0) is 49.0 Å². The standard InChI is InChI=1S/C20H22N2O4S/c1-2-22(11-15-12-23-16-5-3-4-6-18(16)26-15)20(27)21-10-14-7-8-17-19(9-14)25-13-24-17/h3-9,15H,2,10-13H2,1H3,(H,21,27)/t15-/m0/s1. The van der Waals surface area contributed by atoms with E-state index >= 15 is 0 Å². The molecule has 1 atom stereocenters. The van der Waals surface area contributed by atoms with E-state index in [2.05, 4.69) is 17.1 Å². The number of hydrogen-bond donors (Lipinski definition) is 1. The molecule has 2 aromatic rings. The molecule has 142 valence electrons. The molecule has 2 heterocycles. The van der Waals surface area contributed by atoms with Gasteiger partial charge in [-0.3, -0.25) is 0 Å². The smallest absolute Gasteiger partial charge is 0.231 e. The molecule has 0 unspecified atom stereocenters. The molecule has 1 N–H and O–H groups in total. The highest BCUT2D eigenvalue weighted by Gasteiger charge is 2.23. The van der Waals surface area contributed by atoms with Crippen LogP contribution < -0.4 is 24.3 Å². The molecule has 0 saturated carbocycles. The molecule has 0 bridgehead atoms. The lowest BCUT2D eigenvalue weighted by molar-refractivity contribution is 0.0748. The third-order valence-electron chi connectivity index (χ3n) is 4.54. The van der Waals surface area contributed by atoms with E-state index in [1.165, 1.54) is 0 Å². The minimum absolute atomic E-state index is 0.0647. The predicted octanol–water partition coefficient (Wildman–Crippen LogP) is 2.95. The van der Waals surface area contributed by atoms with Gasteiger partial charge in [0, 0.05) is 13.1 Å². The number of benzene rings is 2. The molecular weight excluding hydrogens is 364 g/mol. The van der Waals surface area contributed by atoms with Crippen molar-refractivity contribution in [1.29, 1.82) is 0 Å². The van der Waals surface area contributed by atoms with Crippen molar-refractivity contribution in [2.45, 2.75) is 19.6 Å². The summed E-state index contributed by atoms with van der Waals surface area (Å²) in [6, 6.07) is 13.6. The van der Waals surface area contributed by atoms with Crippen molar-refractivity contribution >= 4 is 17.3 Å². The fourth-order valence-corrected chi connectivity index (χ4v) is 3.37. The van der Waals surface area contributed by atoms with E-state index in [9.17, 15) is 0 Å². The van der Waals surface area contributed by atoms with Gasteiger partial charge in [0.2, 0.25) is 6.79 Å². The average molecular weight is 386 g/mol. The Hall–Kier alpha value is -2.67. The Labute approximate surface area is 164 Å². The number of rotatable bonds is 5. The SMILES string of the molecule is CCN(C[C@H]1COc2ccccc2O1)C(=S)NCc1ccc2c(c1)OCO2. The molecular formula is C20H22N2O4S. The molecule has 2 aromatic carbocycles. The first kappa shape index (κ1) is 17.7. The zero-order chi connectivity index (χ0) is 18.6. The van der Waals surface area contributed by atoms with Crippen molar-refractivity contribution in [1.82, 2.24) is 10.2 Å². The van der Waals surface area contributed by atoms with Crippen LogP contribution in [0.3, 0.4) is 0 Å². The second-order valence-corrected chi connectivity index (χ2v) is 6.77. The Morgan fingerprint density at radius 3 is 2.70 bits per heavy atom. The third kappa shape index (κ3) is 4.03. The fraction of sp³-hybridized carbons (Fsp3) is 0.350. The van der Waals surface area contributed by atoms with Crippen LogP contribution in [0, 0.1) is 0 Å². The zero-order valence-corrected chi connectivity index (χ0v) is 16.0. The van der Waals surface area contributed by atoms with Crippen LogP contribution in [-0.2, 0) is 6.54 Å². The molecule has 0 aromatic heterocycles. The van der Waals surface area contributed by atoms with E-state index in [0.717, 1.165) is 35.1 Å². The Balaban J connectivity index is 1.32. The Morgan fingerprint density at radius 1 is 1.07 bits per heavy atom. The largest absolute Gasteiger partial charge is 0.486 e. The van der Waals surface area contributed by atoms with E-state index in [4.69, 9.17) is 31.2 Å². The molecule has 0 fully saturated rings. The number of nitrogens with zero attached hydrogens (tertiary/aromatic N) is 1. The monoisotopic (exact) mass is 386 g/mol. The van der Waals surface area contributed by atoms with E-state index < -0.39 is 0 Å². The maximum Gasteiger partial charge on any atom is 0.231 e. The van der Waals surface area contributed by atoms with Gasteiger partial charge in [-0.1, -0.05) is 18.2 Å². The first-order chi connectivity index (χ1) is 13.2. The Kier molecular flexibility index (Phi) is 5.20. The van der Waals surface area contributed by atoms with E-state index in [1.807, 2.05) is 42.5 Å². The van der Waals surface area contributed by atoms with Crippen molar-refractivity contribution in [3.8, 4) is 23.0 Å². The summed E-state index contributed by atoms with van der Waals surface area (Å²) < 4.78 is 22.6. The number of ether oxygens (including phenoxy) is 4. The van der Waals surface area contributed by atoms with Crippen LogP contribution in [0.1, 0.15) is 12.5 Å². The van der Waals surface area contributed by atoms with Crippen molar-refractivity contribution in [2.24, 2.45) is 0 Å². The molecule has 0 saturated heterocycles. The van der Waals surface area contributed by atoms with Crippen LogP contribution in [0.5, 0.6) is 23.0 Å². The lowest BCUT2D eigenvalue weighted by Crippen LogP contribution is -2.47. The molecule has 0 amide bonds. The van der Waals surface area contributed by atoms with Crippen LogP contribution in [0.15, 0.2) is 42.5 Å². The van der Waals surface area contributed by atoms with Gasteiger partial charge in [-0.25, -0.2) is 0 Å². The van der Waals surface area contributed by atoms with Gasteiger partial charge in [0.25, 0.3) is 0 Å². The topological polar surface area (TPSA) is 52.2 Å². The number of para-hydroxylation sites is 2. The molecule has 0 spiro atoms. The molecule has 0 aliphatic carbocycles. The van der Waals surface area contributed by atoms with Crippen molar-refractivity contribution < 1.29 is 18.9 Å². The van der Waals surface area contributed by atoms with Gasteiger partial charge in [-0.15, -0.1) is 0 Å². The summed E-state index contributed by atoms with van der Waals surface area (Å²) in [7, 11) is 0. The summed E-state index contributed by atoms with van der Waals surface area (Å²) in [5, 5.41) is 4.01. The number of fused-ring (bicyclic) bond motifs is 2. The molecule has 27 heavy (non-hydrogen) atoms. The number of likely N-dealkylation sites (N-methyl/N-ethyl adjacent to an activating group) is 1. The second-order valence-electron chi connectivity index (χ2n) is 6.38. The maximum absolute atomic E-state index is 6.04. The van der Waals surface area contributed by atoms with Crippen molar-refractivity contribution in [3.05, 3.63) is 48.0 Å². The quantitative estimate of drug-likeness (QED) is 0.793. The Bertz CT molecular complexity index is 829. The minimum Gasteiger partial charge on any atom is -0.486 e. The summed E-state index contributed by atoms with van der Waals surface area (Å²) in [4.78, 5) is 2.09. The number of thiocarbonyl (C=S) groups is 1. The van der Waals surface area contributed by atoms with Crippen LogP contribution in [-0.4, -0.2) is 42.6 Å². The summed E-state index contributed by atoms with van der Waals surface area (Å²) in [5.74, 6) is 3.13. The van der Waals surface area contributed by atoms with Crippen LogP contribution >= 0.6 is 12.2 Å². The minimum atomic E-state index is -0.0647. The van der Waals surface area contributed by atoms with Crippen molar-refractivity contribution in [2.75, 3.05) is 26.5 Å². The van der Waals surface area contributed by atoms with Gasteiger partial charge in [0.15, 0.2) is 34.2 Å². The number of nitrogens with one attached hydrogen (secondary N) is 1. The van der Waals surface area contributed by atoms with Gasteiger partial charge in [0.1, 0.15) is 6.61 Å². The first-order valence-corrected chi connectivity index (χ1v) is 9.43. The highest BCUT2D eigenvalue weighted by atomic mass is 32.1. The van der Waals surface area contributed by atoms with Crippen LogP contribution in [0.2, 0.25) is 0 Å². The molecule has 4 rings (SSSR count). The zero-order valence-electron chi connectivity index (χ0n) is 15.1. The second kappa shape index (κ2) is 7.92. The number of hydrogen-bond acceptors (Lipinski definition) is 5. The molecule has 2 aliphatic heterocycles. The van der Waals surface area contributed by atoms with E-state index in [1.54, 1.807) is 0 Å². The average Bonchev–Trinajstić information content (AvgIpc) is 3.18. The predicted molar refractivity (Wildman–Crippen MR) is 106 cm³/mol. The fourth-order valence-electron chi connectivity index (χ4n) is 3.09. The van der Waals surface area contributed by atoms with Crippen LogP contribution in [0.4, 0.5) is 0 Å². The molecule has 0 radical (unpaired) electrons. The molecule has 6 nitrogen and oxygen atoms in total. The van der Waals surface area contributed by atoms with Gasteiger partial charge < -0.3 is 29.2 Å². The first-order valence-electron chi connectivity index (χ1n) is 9.02. The van der Waals surface area contributed by atoms with E-state index in [0.29, 0.717) is 24.8 Å². The van der Waals surface area contributed by atoms with Crippen LogP contribution in [0.25, 0.3) is 0 Å². The van der Waals surface area contributed by atoms with Gasteiger partial charge >= 0.3 is 0 Å². The highest BCUT2D eigenvalue weighted by molar-refractivity contribution is 7.80. The summed E-state index contributed by atoms with van der Waals surface area (Å²) >= 11 is 5.58. The van der Waals surface area contributed by atoms with Gasteiger partial charge in [0.05, 0.1) is 6.54 Å². The maximum atomic E-state index is 6.04. The summed E-state index contributed by atoms with van der Waals surface area (Å²) in [5.41, 5.74) is 1.09. The van der Waals surface area contributed by atoms with Gasteiger partial charge in [-0.2, -0.15) is 0 Å². The lowest BCUT2D eigenvalue weighted by Gasteiger charge is -2.32. The summed E-state index contributed by atoms with van der Waals surface area (Å²) in [6.45, 7) is 4.94. The van der Waals surface area contributed by atoms with Crippen molar-refractivity contribution in [3.63, 3.8) is 0 Å². The summed E-state index contributed by atoms with van der Waals surface area (Å²) in [6.07, 6.45) is -0.0647. The Morgan fingerprint density at radius 2 is 1.85 bits per heavy atom. The normalized spacial score (nSPS) is 16.7. The molecule has 7 heteroatoms. The lowest BCUT2D eigenvalue weighted by atomic mass is 10.2. The molecule has 2 aliphatic rings. The highest BCUT2D eigenvalue weighted by Crippen LogP contribution is 2.32. The third-order valence-corrected chi connectivity index (χ3v) is 4.94. The van der Waals surface area contributed by atoms with E-state index in [-0.39, 0.29) is 12.9 Å².